The number of hydrogen-bond donors (Lipinski definition) is 5. The number of H-pyrrole nitrogens is 3. The first-order chi connectivity index (χ1) is 21.6. The Morgan fingerprint density at radius 2 is 1.64 bits per heavy atom. The van der Waals surface area contributed by atoms with E-state index in [-0.39, 0.29) is 23.9 Å². The van der Waals surface area contributed by atoms with Crippen LogP contribution in [0.3, 0.4) is 0 Å². The third-order valence-electron chi connectivity index (χ3n) is 9.27. The summed E-state index contributed by atoms with van der Waals surface area (Å²) in [5.41, 5.74) is 19.4. The van der Waals surface area contributed by atoms with E-state index in [0.29, 0.717) is 47.9 Å². The van der Waals surface area contributed by atoms with Crippen LogP contribution in [-0.4, -0.2) is 44.3 Å². The Balaban J connectivity index is 1.31. The fourth-order valence-electron chi connectivity index (χ4n) is 6.60. The first kappa shape index (κ1) is 30.3. The number of aryl methyl sites for hydroxylation is 1. The van der Waals surface area contributed by atoms with Gasteiger partial charge in [-0.15, -0.1) is 0 Å². The lowest BCUT2D eigenvalue weighted by Gasteiger charge is -2.35. The van der Waals surface area contributed by atoms with Gasteiger partial charge in [0.25, 0.3) is 0 Å². The molecule has 10 nitrogen and oxygen atoms in total. The molecule has 2 aromatic heterocycles. The molecule has 2 heterocycles. The number of nitrogens with one attached hydrogen (secondary N) is 3. The molecule has 0 radical (unpaired) electrons. The maximum Gasteiger partial charge on any atom is 0.323 e. The van der Waals surface area contributed by atoms with Crippen LogP contribution in [0.1, 0.15) is 62.4 Å². The van der Waals surface area contributed by atoms with Crippen molar-refractivity contribution < 1.29 is 9.59 Å². The minimum atomic E-state index is -0.921. The van der Waals surface area contributed by atoms with Gasteiger partial charge in [-0.05, 0) is 97.7 Å². The van der Waals surface area contributed by atoms with Gasteiger partial charge in [-0.25, -0.2) is 9.78 Å². The van der Waals surface area contributed by atoms with Gasteiger partial charge in [0.05, 0.1) is 22.1 Å². The van der Waals surface area contributed by atoms with Crippen LogP contribution < -0.4 is 22.1 Å². The number of carbonyl (C=O) groups excluding carboxylic acids is 2. The van der Waals surface area contributed by atoms with E-state index in [0.717, 1.165) is 52.0 Å². The Morgan fingerprint density at radius 1 is 0.933 bits per heavy atom. The van der Waals surface area contributed by atoms with Gasteiger partial charge in [-0.3, -0.25) is 14.5 Å². The van der Waals surface area contributed by atoms with Crippen LogP contribution in [0.15, 0.2) is 59.4 Å². The predicted octanol–water partition coefficient (Wildman–Crippen LogP) is 5.03. The van der Waals surface area contributed by atoms with Crippen molar-refractivity contribution in [3.05, 3.63) is 82.0 Å². The van der Waals surface area contributed by atoms with Crippen LogP contribution in [0.2, 0.25) is 0 Å². The number of fused-ring (bicyclic) bond motifs is 2. The summed E-state index contributed by atoms with van der Waals surface area (Å²) >= 11 is 0. The van der Waals surface area contributed by atoms with E-state index in [4.69, 9.17) is 16.5 Å². The van der Waals surface area contributed by atoms with E-state index < -0.39 is 11.9 Å². The standard InChI is InChI=1S/C35H41N7O3/c1-19(2)33-38-28-14-20(3)26(17-30(28)39-33)23-8-4-21(5-9-23)15-31(32(37)43)42(34(44)24-10-6-22(18-36)7-11-24)25-12-13-27-29(16-25)41-35(45)40-27/h4-5,8-9,12-14,16-17,19,22,24,31H,6-7,10-11,15,18,36H2,1-3H3,(H2,37,43)(H,38,39)(H2,40,41,45)/t22-,24-,31-/m0/s1. The van der Waals surface area contributed by atoms with Crippen molar-refractivity contribution in [2.45, 2.75) is 64.8 Å². The monoisotopic (exact) mass is 607 g/mol. The molecule has 1 atom stereocenters. The molecule has 0 bridgehead atoms. The fraction of sp³-hybridized carbons (Fsp3) is 0.371. The number of rotatable bonds is 9. The SMILES string of the molecule is Cc1cc2[nH]c(C(C)C)nc2cc1-c1ccc(C[C@@H](C(N)=O)N(c2ccc3[nH]c(=O)[nH]c3c2)C(=O)[C@H]2CC[C@H](CN)CC2)cc1. The molecule has 0 saturated heterocycles. The number of anilines is 1. The zero-order chi connectivity index (χ0) is 31.8. The minimum Gasteiger partial charge on any atom is -0.368 e. The van der Waals surface area contributed by atoms with Crippen LogP contribution in [0.5, 0.6) is 0 Å². The molecule has 10 heteroatoms. The Labute approximate surface area is 261 Å². The molecule has 5 aromatic rings. The van der Waals surface area contributed by atoms with Gasteiger partial charge >= 0.3 is 5.69 Å². The Bertz CT molecular complexity index is 1910. The molecule has 1 aliphatic rings. The Hall–Kier alpha value is -4.70. The second kappa shape index (κ2) is 12.4. The van der Waals surface area contributed by atoms with Gasteiger partial charge in [-0.2, -0.15) is 0 Å². The molecule has 1 saturated carbocycles. The first-order valence-electron chi connectivity index (χ1n) is 15.7. The lowest BCUT2D eigenvalue weighted by atomic mass is 9.81. The third kappa shape index (κ3) is 6.15. The maximum absolute atomic E-state index is 14.2. The van der Waals surface area contributed by atoms with Crippen LogP contribution >= 0.6 is 0 Å². The zero-order valence-corrected chi connectivity index (χ0v) is 26.0. The number of nitrogens with zero attached hydrogens (tertiary/aromatic N) is 2. The molecule has 6 rings (SSSR count). The highest BCUT2D eigenvalue weighted by atomic mass is 16.2. The quantitative estimate of drug-likeness (QED) is 0.158. The highest BCUT2D eigenvalue weighted by Gasteiger charge is 2.36. The van der Waals surface area contributed by atoms with Crippen molar-refractivity contribution in [3.63, 3.8) is 0 Å². The van der Waals surface area contributed by atoms with Gasteiger partial charge in [0, 0.05) is 23.9 Å². The first-order valence-corrected chi connectivity index (χ1v) is 15.7. The highest BCUT2D eigenvalue weighted by Crippen LogP contribution is 2.34. The van der Waals surface area contributed by atoms with Gasteiger partial charge < -0.3 is 26.4 Å². The number of aromatic nitrogens is 4. The molecule has 1 fully saturated rings. The number of hydrogen-bond acceptors (Lipinski definition) is 5. The number of benzene rings is 3. The van der Waals surface area contributed by atoms with E-state index >= 15 is 0 Å². The second-order valence-corrected chi connectivity index (χ2v) is 12.8. The summed E-state index contributed by atoms with van der Waals surface area (Å²) in [5.74, 6) is 0.706. The average Bonchev–Trinajstić information content (AvgIpc) is 3.62. The highest BCUT2D eigenvalue weighted by molar-refractivity contribution is 6.02. The van der Waals surface area contributed by atoms with Crippen molar-refractivity contribution in [1.82, 2.24) is 19.9 Å². The number of imidazole rings is 2. The van der Waals surface area contributed by atoms with Crippen molar-refractivity contribution in [3.8, 4) is 11.1 Å². The molecule has 3 aromatic carbocycles. The van der Waals surface area contributed by atoms with Gasteiger partial charge in [0.2, 0.25) is 11.8 Å². The predicted molar refractivity (Wildman–Crippen MR) is 178 cm³/mol. The fourth-order valence-corrected chi connectivity index (χ4v) is 6.60. The van der Waals surface area contributed by atoms with Crippen LogP contribution in [0.4, 0.5) is 5.69 Å². The largest absolute Gasteiger partial charge is 0.368 e. The van der Waals surface area contributed by atoms with E-state index in [2.05, 4.69) is 47.9 Å². The topological polar surface area (TPSA) is 167 Å². The molecule has 1 aliphatic carbocycles. The van der Waals surface area contributed by atoms with Gasteiger partial charge in [0.1, 0.15) is 11.9 Å². The van der Waals surface area contributed by atoms with E-state index in [1.54, 1.807) is 23.1 Å². The third-order valence-corrected chi connectivity index (χ3v) is 9.27. The van der Waals surface area contributed by atoms with Crippen LogP contribution in [0.25, 0.3) is 33.2 Å². The smallest absolute Gasteiger partial charge is 0.323 e. The number of nitrogens with two attached hydrogens (primary N) is 2. The molecule has 45 heavy (non-hydrogen) atoms. The van der Waals surface area contributed by atoms with E-state index in [9.17, 15) is 14.4 Å². The molecule has 2 amide bonds. The van der Waals surface area contributed by atoms with E-state index in [1.807, 2.05) is 24.3 Å². The molecule has 7 N–H and O–H groups in total. The number of carbonyl (C=O) groups is 2. The number of aromatic amines is 3. The molecular formula is C35H41N7O3. The average molecular weight is 608 g/mol. The summed E-state index contributed by atoms with van der Waals surface area (Å²) in [4.78, 5) is 54.5. The lowest BCUT2D eigenvalue weighted by Crippen LogP contribution is -2.52. The van der Waals surface area contributed by atoms with Crippen molar-refractivity contribution in [2.24, 2.45) is 23.3 Å². The molecule has 0 aliphatic heterocycles. The summed E-state index contributed by atoms with van der Waals surface area (Å²) in [6.45, 7) is 6.92. The molecule has 0 unspecified atom stereocenters. The van der Waals surface area contributed by atoms with Gasteiger partial charge in [0.15, 0.2) is 0 Å². The Morgan fingerprint density at radius 3 is 2.31 bits per heavy atom. The number of primary amides is 1. The van der Waals surface area contributed by atoms with Crippen LogP contribution in [0, 0.1) is 18.8 Å². The maximum atomic E-state index is 14.2. The minimum absolute atomic E-state index is 0.133. The normalized spacial score (nSPS) is 17.6. The summed E-state index contributed by atoms with van der Waals surface area (Å²) in [5, 5.41) is 0. The summed E-state index contributed by atoms with van der Waals surface area (Å²) in [7, 11) is 0. The van der Waals surface area contributed by atoms with Crippen molar-refractivity contribution in [1.29, 1.82) is 0 Å². The lowest BCUT2D eigenvalue weighted by molar-refractivity contribution is -0.127. The summed E-state index contributed by atoms with van der Waals surface area (Å²) < 4.78 is 0. The molecule has 234 valence electrons. The van der Waals surface area contributed by atoms with Crippen molar-refractivity contribution >= 4 is 39.6 Å². The summed E-state index contributed by atoms with van der Waals surface area (Å²) in [6.07, 6.45) is 3.40. The Kier molecular flexibility index (Phi) is 8.33. The van der Waals surface area contributed by atoms with E-state index in [1.165, 1.54) is 0 Å². The molecular weight excluding hydrogens is 566 g/mol. The molecule has 0 spiro atoms. The van der Waals surface area contributed by atoms with Gasteiger partial charge in [-0.1, -0.05) is 38.1 Å². The zero-order valence-electron chi connectivity index (χ0n) is 26.0. The van der Waals surface area contributed by atoms with Crippen molar-refractivity contribution in [2.75, 3.05) is 11.4 Å². The summed E-state index contributed by atoms with van der Waals surface area (Å²) in [6, 6.07) is 16.6. The number of amides is 2. The van der Waals surface area contributed by atoms with Crippen LogP contribution in [-0.2, 0) is 16.0 Å². The second-order valence-electron chi connectivity index (χ2n) is 12.8.